The molecule has 0 aromatic carbocycles. The molecule has 3 N–H and O–H groups in total. The second kappa shape index (κ2) is 6.88. The SMILES string of the molecule is CC1(C)CC(NCCCCCCO)CC(C)(C)N1. The monoisotopic (exact) mass is 256 g/mol. The summed E-state index contributed by atoms with van der Waals surface area (Å²) in [5, 5.41) is 16.1. The molecule has 1 aliphatic heterocycles. The molecule has 0 aromatic rings. The van der Waals surface area contributed by atoms with Gasteiger partial charge in [0.2, 0.25) is 0 Å². The number of hydrogen-bond acceptors (Lipinski definition) is 3. The first-order valence-corrected chi connectivity index (χ1v) is 7.48. The van der Waals surface area contributed by atoms with Crippen molar-refractivity contribution in [1.29, 1.82) is 0 Å². The first-order chi connectivity index (χ1) is 8.35. The Bertz CT molecular complexity index is 223. The van der Waals surface area contributed by atoms with Gasteiger partial charge in [0.1, 0.15) is 0 Å². The van der Waals surface area contributed by atoms with Crippen molar-refractivity contribution in [3.8, 4) is 0 Å². The molecule has 0 amide bonds. The zero-order valence-corrected chi connectivity index (χ0v) is 12.7. The summed E-state index contributed by atoms with van der Waals surface area (Å²) >= 11 is 0. The maximum atomic E-state index is 8.72. The quantitative estimate of drug-likeness (QED) is 0.613. The van der Waals surface area contributed by atoms with E-state index in [2.05, 4.69) is 38.3 Å². The molecule has 0 unspecified atom stereocenters. The molecule has 0 bridgehead atoms. The van der Waals surface area contributed by atoms with Gasteiger partial charge in [0.05, 0.1) is 0 Å². The topological polar surface area (TPSA) is 44.3 Å². The lowest BCUT2D eigenvalue weighted by Gasteiger charge is -2.46. The van der Waals surface area contributed by atoms with Crippen molar-refractivity contribution in [1.82, 2.24) is 10.6 Å². The molecular weight excluding hydrogens is 224 g/mol. The van der Waals surface area contributed by atoms with Crippen LogP contribution in [0.4, 0.5) is 0 Å². The highest BCUT2D eigenvalue weighted by molar-refractivity contribution is 4.99. The molecule has 1 saturated heterocycles. The summed E-state index contributed by atoms with van der Waals surface area (Å²) in [4.78, 5) is 0. The van der Waals surface area contributed by atoms with Crippen LogP contribution in [0.3, 0.4) is 0 Å². The smallest absolute Gasteiger partial charge is 0.0431 e. The minimum atomic E-state index is 0.232. The fraction of sp³-hybridized carbons (Fsp3) is 1.00. The molecule has 18 heavy (non-hydrogen) atoms. The van der Waals surface area contributed by atoms with Gasteiger partial charge in [-0.1, -0.05) is 12.8 Å². The Morgan fingerprint density at radius 3 is 2.11 bits per heavy atom. The summed E-state index contributed by atoms with van der Waals surface area (Å²) in [5.41, 5.74) is 0.465. The molecule has 0 saturated carbocycles. The molecular formula is C15H32N2O. The summed E-state index contributed by atoms with van der Waals surface area (Å²) in [7, 11) is 0. The van der Waals surface area contributed by atoms with Crippen LogP contribution in [0.5, 0.6) is 0 Å². The van der Waals surface area contributed by atoms with E-state index < -0.39 is 0 Å². The Labute approximate surface area is 113 Å². The first kappa shape index (κ1) is 15.9. The van der Waals surface area contributed by atoms with Gasteiger partial charge in [-0.2, -0.15) is 0 Å². The van der Waals surface area contributed by atoms with Gasteiger partial charge in [0.25, 0.3) is 0 Å². The van der Waals surface area contributed by atoms with Crippen LogP contribution in [-0.4, -0.2) is 35.4 Å². The van der Waals surface area contributed by atoms with E-state index in [9.17, 15) is 0 Å². The van der Waals surface area contributed by atoms with E-state index in [4.69, 9.17) is 5.11 Å². The molecule has 3 nitrogen and oxygen atoms in total. The van der Waals surface area contributed by atoms with Gasteiger partial charge < -0.3 is 15.7 Å². The van der Waals surface area contributed by atoms with Crippen molar-refractivity contribution >= 4 is 0 Å². The summed E-state index contributed by atoms with van der Waals surface area (Å²) in [6, 6.07) is 0.633. The maximum absolute atomic E-state index is 8.72. The highest BCUT2D eigenvalue weighted by atomic mass is 16.2. The molecule has 0 aliphatic carbocycles. The third-order valence-corrected chi connectivity index (χ3v) is 3.71. The zero-order valence-electron chi connectivity index (χ0n) is 12.7. The van der Waals surface area contributed by atoms with Crippen LogP contribution in [0.15, 0.2) is 0 Å². The lowest BCUT2D eigenvalue weighted by Crippen LogP contribution is -2.61. The van der Waals surface area contributed by atoms with Gasteiger partial charge in [0.15, 0.2) is 0 Å². The van der Waals surface area contributed by atoms with Crippen LogP contribution >= 0.6 is 0 Å². The van der Waals surface area contributed by atoms with E-state index >= 15 is 0 Å². The third kappa shape index (κ3) is 6.17. The number of unbranched alkanes of at least 4 members (excludes halogenated alkanes) is 3. The predicted octanol–water partition coefficient (Wildman–Crippen LogP) is 2.44. The molecule has 0 spiro atoms. The lowest BCUT2D eigenvalue weighted by atomic mass is 9.79. The second-order valence-electron chi connectivity index (χ2n) is 7.09. The van der Waals surface area contributed by atoms with E-state index in [1.165, 1.54) is 25.7 Å². The molecule has 1 heterocycles. The van der Waals surface area contributed by atoms with Crippen molar-refractivity contribution in [2.24, 2.45) is 0 Å². The summed E-state index contributed by atoms with van der Waals surface area (Å²) < 4.78 is 0. The maximum Gasteiger partial charge on any atom is 0.0431 e. The van der Waals surface area contributed by atoms with Gasteiger partial charge in [-0.3, -0.25) is 0 Å². The van der Waals surface area contributed by atoms with Gasteiger partial charge in [-0.05, 0) is 59.9 Å². The van der Waals surface area contributed by atoms with Gasteiger partial charge >= 0.3 is 0 Å². The Morgan fingerprint density at radius 2 is 1.56 bits per heavy atom. The van der Waals surface area contributed by atoms with Crippen molar-refractivity contribution in [3.63, 3.8) is 0 Å². The molecule has 3 heteroatoms. The third-order valence-electron chi connectivity index (χ3n) is 3.71. The highest BCUT2D eigenvalue weighted by Gasteiger charge is 2.37. The van der Waals surface area contributed by atoms with Crippen molar-refractivity contribution < 1.29 is 5.11 Å². The van der Waals surface area contributed by atoms with Crippen LogP contribution in [0, 0.1) is 0 Å². The largest absolute Gasteiger partial charge is 0.396 e. The molecule has 1 fully saturated rings. The number of nitrogens with one attached hydrogen (secondary N) is 2. The summed E-state index contributed by atoms with van der Waals surface area (Å²) in [6.07, 6.45) is 6.96. The Morgan fingerprint density at radius 1 is 1.00 bits per heavy atom. The standard InChI is InChI=1S/C15H32N2O/c1-14(2)11-13(12-15(3,4)17-14)16-9-7-5-6-8-10-18/h13,16-18H,5-12H2,1-4H3. The summed E-state index contributed by atoms with van der Waals surface area (Å²) in [5.74, 6) is 0. The van der Waals surface area contributed by atoms with Crippen LogP contribution in [0.2, 0.25) is 0 Å². The fourth-order valence-corrected chi connectivity index (χ4v) is 3.36. The van der Waals surface area contributed by atoms with E-state index in [0.717, 1.165) is 19.4 Å². The fourth-order valence-electron chi connectivity index (χ4n) is 3.36. The first-order valence-electron chi connectivity index (χ1n) is 7.48. The average molecular weight is 256 g/mol. The number of aliphatic hydroxyl groups excluding tert-OH is 1. The molecule has 0 atom stereocenters. The number of rotatable bonds is 7. The molecule has 1 aliphatic rings. The number of hydrogen-bond donors (Lipinski definition) is 3. The van der Waals surface area contributed by atoms with Crippen LogP contribution in [0.1, 0.15) is 66.2 Å². The Kier molecular flexibility index (Phi) is 6.09. The van der Waals surface area contributed by atoms with E-state index in [1.54, 1.807) is 0 Å². The Balaban J connectivity index is 2.21. The molecule has 1 rings (SSSR count). The Hall–Kier alpha value is -0.120. The van der Waals surface area contributed by atoms with Gasteiger partial charge in [-0.25, -0.2) is 0 Å². The summed E-state index contributed by atoms with van der Waals surface area (Å²) in [6.45, 7) is 10.6. The van der Waals surface area contributed by atoms with E-state index in [0.29, 0.717) is 12.6 Å². The minimum Gasteiger partial charge on any atom is -0.396 e. The minimum absolute atomic E-state index is 0.232. The highest BCUT2D eigenvalue weighted by Crippen LogP contribution is 2.28. The van der Waals surface area contributed by atoms with Gasteiger partial charge in [-0.15, -0.1) is 0 Å². The number of piperidine rings is 1. The molecule has 108 valence electrons. The van der Waals surface area contributed by atoms with Crippen LogP contribution in [0.25, 0.3) is 0 Å². The second-order valence-corrected chi connectivity index (χ2v) is 7.09. The average Bonchev–Trinajstić information content (AvgIpc) is 2.18. The van der Waals surface area contributed by atoms with Crippen molar-refractivity contribution in [3.05, 3.63) is 0 Å². The number of aliphatic hydroxyl groups is 1. The predicted molar refractivity (Wildman–Crippen MR) is 77.9 cm³/mol. The van der Waals surface area contributed by atoms with E-state index in [-0.39, 0.29) is 11.1 Å². The zero-order chi connectivity index (χ0) is 13.6. The van der Waals surface area contributed by atoms with Crippen molar-refractivity contribution in [2.45, 2.75) is 83.3 Å². The van der Waals surface area contributed by atoms with Crippen LogP contribution in [-0.2, 0) is 0 Å². The normalized spacial score (nSPS) is 23.2. The van der Waals surface area contributed by atoms with Crippen LogP contribution < -0.4 is 10.6 Å². The molecule has 0 radical (unpaired) electrons. The van der Waals surface area contributed by atoms with E-state index in [1.807, 2.05) is 0 Å². The van der Waals surface area contributed by atoms with Crippen molar-refractivity contribution in [2.75, 3.05) is 13.2 Å². The molecule has 0 aromatic heterocycles. The van der Waals surface area contributed by atoms with Gasteiger partial charge in [0, 0.05) is 23.7 Å². The lowest BCUT2D eigenvalue weighted by molar-refractivity contribution is 0.146.